The van der Waals surface area contributed by atoms with E-state index in [4.69, 9.17) is 0 Å². The molecule has 0 saturated heterocycles. The van der Waals surface area contributed by atoms with Gasteiger partial charge in [-0.2, -0.15) is 0 Å². The molecular formula is C18H18N2. The Morgan fingerprint density at radius 2 is 1.70 bits per heavy atom. The van der Waals surface area contributed by atoms with Crippen molar-refractivity contribution in [2.45, 2.75) is 13.3 Å². The van der Waals surface area contributed by atoms with Crippen LogP contribution in [0, 0.1) is 0 Å². The van der Waals surface area contributed by atoms with Crippen LogP contribution < -0.4 is 10.4 Å². The van der Waals surface area contributed by atoms with Crippen LogP contribution >= 0.6 is 0 Å². The third kappa shape index (κ3) is 2.45. The molecule has 20 heavy (non-hydrogen) atoms. The number of nitrogens with one attached hydrogen (secondary N) is 1. The van der Waals surface area contributed by atoms with Crippen molar-refractivity contribution >= 4 is 11.4 Å². The molecular weight excluding hydrogens is 244 g/mol. The highest BCUT2D eigenvalue weighted by Crippen LogP contribution is 2.26. The lowest BCUT2D eigenvalue weighted by Crippen LogP contribution is -2.34. The Morgan fingerprint density at radius 1 is 0.950 bits per heavy atom. The molecule has 0 fully saturated rings. The second-order valence-corrected chi connectivity index (χ2v) is 4.76. The zero-order valence-corrected chi connectivity index (χ0v) is 11.6. The minimum Gasteiger partial charge on any atom is -0.301 e. The largest absolute Gasteiger partial charge is 0.301 e. The number of nitrogens with zero attached hydrogens (tertiary/aromatic N) is 1. The third-order valence-corrected chi connectivity index (χ3v) is 3.47. The van der Waals surface area contributed by atoms with Gasteiger partial charge in [0, 0.05) is 11.8 Å². The van der Waals surface area contributed by atoms with Gasteiger partial charge in [0.25, 0.3) is 0 Å². The van der Waals surface area contributed by atoms with Crippen molar-refractivity contribution in [3.8, 4) is 0 Å². The van der Waals surface area contributed by atoms with Gasteiger partial charge >= 0.3 is 0 Å². The lowest BCUT2D eigenvalue weighted by atomic mass is 10.1. The van der Waals surface area contributed by atoms with E-state index in [1.165, 1.54) is 11.1 Å². The van der Waals surface area contributed by atoms with Crippen LogP contribution in [0.3, 0.4) is 0 Å². The molecule has 0 aliphatic carbocycles. The van der Waals surface area contributed by atoms with Gasteiger partial charge in [-0.05, 0) is 36.3 Å². The van der Waals surface area contributed by atoms with Crippen molar-refractivity contribution in [2.75, 3.05) is 5.01 Å². The number of benzene rings is 2. The summed E-state index contributed by atoms with van der Waals surface area (Å²) in [5, 5.41) is 2.11. The zero-order chi connectivity index (χ0) is 13.8. The summed E-state index contributed by atoms with van der Waals surface area (Å²) in [6, 6.07) is 19.1. The highest BCUT2D eigenvalue weighted by atomic mass is 15.5. The third-order valence-electron chi connectivity index (χ3n) is 3.47. The first kappa shape index (κ1) is 12.5. The van der Waals surface area contributed by atoms with Gasteiger partial charge in [-0.1, -0.05) is 49.4 Å². The van der Waals surface area contributed by atoms with Gasteiger partial charge in [-0.15, -0.1) is 0 Å². The van der Waals surface area contributed by atoms with Crippen LogP contribution in [-0.2, 0) is 6.42 Å². The van der Waals surface area contributed by atoms with Crippen LogP contribution in [-0.4, -0.2) is 0 Å². The molecule has 0 unspecified atom stereocenters. The molecule has 0 radical (unpaired) electrons. The van der Waals surface area contributed by atoms with Crippen molar-refractivity contribution in [1.29, 1.82) is 0 Å². The molecule has 2 heteroatoms. The quantitative estimate of drug-likeness (QED) is 0.894. The Bertz CT molecular complexity index is 624. The van der Waals surface area contributed by atoms with E-state index in [0.717, 1.165) is 17.8 Å². The number of hydrazine groups is 1. The Hall–Kier alpha value is -2.48. The molecule has 1 aliphatic rings. The van der Waals surface area contributed by atoms with Crippen LogP contribution in [0.1, 0.15) is 18.1 Å². The van der Waals surface area contributed by atoms with Gasteiger partial charge in [0.2, 0.25) is 0 Å². The van der Waals surface area contributed by atoms with Gasteiger partial charge < -0.3 is 5.43 Å². The first-order chi connectivity index (χ1) is 9.88. The van der Waals surface area contributed by atoms with Gasteiger partial charge in [0.05, 0.1) is 11.4 Å². The fourth-order valence-corrected chi connectivity index (χ4v) is 2.33. The molecule has 1 heterocycles. The minimum atomic E-state index is 1.06. The Morgan fingerprint density at radius 3 is 2.40 bits per heavy atom. The number of hydrogen-bond acceptors (Lipinski definition) is 2. The molecule has 100 valence electrons. The summed E-state index contributed by atoms with van der Waals surface area (Å²) in [7, 11) is 0. The fraction of sp³-hybridized carbons (Fsp3) is 0.111. The first-order valence-corrected chi connectivity index (χ1v) is 6.96. The maximum atomic E-state index is 3.31. The van der Waals surface area contributed by atoms with E-state index in [0.29, 0.717) is 0 Å². The smallest absolute Gasteiger partial charge is 0.0703 e. The van der Waals surface area contributed by atoms with Crippen LogP contribution in [0.25, 0.3) is 5.70 Å². The maximum absolute atomic E-state index is 3.31. The first-order valence-electron chi connectivity index (χ1n) is 6.96. The second-order valence-electron chi connectivity index (χ2n) is 4.76. The van der Waals surface area contributed by atoms with Crippen LogP contribution in [0.15, 0.2) is 72.9 Å². The van der Waals surface area contributed by atoms with Crippen LogP contribution in [0.4, 0.5) is 5.69 Å². The summed E-state index contributed by atoms with van der Waals surface area (Å²) >= 11 is 0. The summed E-state index contributed by atoms with van der Waals surface area (Å²) in [4.78, 5) is 0. The van der Waals surface area contributed by atoms with Crippen molar-refractivity contribution < 1.29 is 0 Å². The zero-order valence-electron chi connectivity index (χ0n) is 11.6. The van der Waals surface area contributed by atoms with Crippen LogP contribution in [0.2, 0.25) is 0 Å². The van der Waals surface area contributed by atoms with Gasteiger partial charge in [-0.25, -0.2) is 0 Å². The number of aryl methyl sites for hydroxylation is 1. The molecule has 0 amide bonds. The van der Waals surface area contributed by atoms with E-state index in [1.807, 2.05) is 18.3 Å². The number of rotatable bonds is 3. The van der Waals surface area contributed by atoms with Gasteiger partial charge in [0.1, 0.15) is 0 Å². The number of allylic oxidation sites excluding steroid dienone is 2. The van der Waals surface area contributed by atoms with Gasteiger partial charge in [0.15, 0.2) is 0 Å². The molecule has 2 nitrogen and oxygen atoms in total. The predicted molar refractivity (Wildman–Crippen MR) is 85.0 cm³/mol. The molecule has 0 atom stereocenters. The molecule has 1 N–H and O–H groups in total. The van der Waals surface area contributed by atoms with E-state index in [1.54, 1.807) is 0 Å². The summed E-state index contributed by atoms with van der Waals surface area (Å²) in [5.41, 5.74) is 8.15. The minimum absolute atomic E-state index is 1.06. The molecule has 2 aromatic carbocycles. The highest BCUT2D eigenvalue weighted by Gasteiger charge is 2.14. The predicted octanol–water partition coefficient (Wildman–Crippen LogP) is 4.13. The average Bonchev–Trinajstić information content (AvgIpc) is 2.56. The van der Waals surface area contributed by atoms with Crippen molar-refractivity contribution in [3.63, 3.8) is 0 Å². The maximum Gasteiger partial charge on any atom is 0.0703 e. The molecule has 1 aliphatic heterocycles. The lowest BCUT2D eigenvalue weighted by molar-refractivity contribution is 0.883. The fourth-order valence-electron chi connectivity index (χ4n) is 2.33. The Labute approximate surface area is 120 Å². The SMILES string of the molecule is CCc1ccc(N2NC=CC=C2c2ccccc2)cc1. The molecule has 2 aromatic rings. The highest BCUT2D eigenvalue weighted by molar-refractivity contribution is 5.80. The lowest BCUT2D eigenvalue weighted by Gasteiger charge is -2.29. The molecule has 0 aromatic heterocycles. The molecule has 0 saturated carbocycles. The van der Waals surface area contributed by atoms with E-state index in [2.05, 4.69) is 72.0 Å². The molecule has 0 bridgehead atoms. The standard InChI is InChI=1S/C18H18N2/c1-2-15-10-12-17(13-11-15)20-18(9-6-14-19-20)16-7-4-3-5-8-16/h3-14,19H,2H2,1H3. The van der Waals surface area contributed by atoms with Crippen LogP contribution in [0.5, 0.6) is 0 Å². The van der Waals surface area contributed by atoms with Crippen molar-refractivity contribution in [2.24, 2.45) is 0 Å². The van der Waals surface area contributed by atoms with E-state index in [-0.39, 0.29) is 0 Å². The Kier molecular flexibility index (Phi) is 3.55. The van der Waals surface area contributed by atoms with Crippen molar-refractivity contribution in [1.82, 2.24) is 5.43 Å². The summed E-state index contributed by atoms with van der Waals surface area (Å²) in [6.07, 6.45) is 7.16. The second kappa shape index (κ2) is 5.66. The monoisotopic (exact) mass is 262 g/mol. The molecule has 3 rings (SSSR count). The summed E-state index contributed by atoms with van der Waals surface area (Å²) < 4.78 is 0. The van der Waals surface area contributed by atoms with E-state index < -0.39 is 0 Å². The number of anilines is 1. The number of hydrogen-bond donors (Lipinski definition) is 1. The Balaban J connectivity index is 1.95. The normalized spacial score (nSPS) is 13.8. The van der Waals surface area contributed by atoms with Crippen molar-refractivity contribution in [3.05, 3.63) is 84.1 Å². The summed E-state index contributed by atoms with van der Waals surface area (Å²) in [6.45, 7) is 2.17. The summed E-state index contributed by atoms with van der Waals surface area (Å²) in [5.74, 6) is 0. The van der Waals surface area contributed by atoms with E-state index in [9.17, 15) is 0 Å². The van der Waals surface area contributed by atoms with Gasteiger partial charge in [-0.3, -0.25) is 5.01 Å². The molecule has 0 spiro atoms. The topological polar surface area (TPSA) is 15.3 Å². The van der Waals surface area contributed by atoms with E-state index >= 15 is 0 Å². The average molecular weight is 262 g/mol.